The summed E-state index contributed by atoms with van der Waals surface area (Å²) >= 11 is 0. The molecule has 4 N–H and O–H groups in total. The summed E-state index contributed by atoms with van der Waals surface area (Å²) in [6.45, 7) is -0.867. The average molecular weight is 355 g/mol. The number of rotatable bonds is 4. The Bertz CT molecular complexity index is 701. The second-order valence-corrected chi connectivity index (χ2v) is 6.14. The van der Waals surface area contributed by atoms with Crippen molar-refractivity contribution < 1.29 is 17.9 Å². The van der Waals surface area contributed by atoms with E-state index >= 15 is 0 Å². The monoisotopic (exact) mass is 355 g/mol. The number of guanidine groups is 2. The van der Waals surface area contributed by atoms with E-state index in [1.165, 1.54) is 12.1 Å². The lowest BCUT2D eigenvalue weighted by atomic mass is 9.87. The largest absolute Gasteiger partial charge is 0.485 e. The zero-order valence-electron chi connectivity index (χ0n) is 13.6. The molecule has 0 atom stereocenters. The van der Waals surface area contributed by atoms with Gasteiger partial charge in [-0.25, -0.2) is 18.2 Å². The van der Waals surface area contributed by atoms with Crippen molar-refractivity contribution in [3.05, 3.63) is 24.0 Å². The van der Waals surface area contributed by atoms with Gasteiger partial charge in [0.2, 0.25) is 11.9 Å². The van der Waals surface area contributed by atoms with E-state index in [0.29, 0.717) is 5.69 Å². The quantitative estimate of drug-likeness (QED) is 0.869. The zero-order chi connectivity index (χ0) is 18.0. The van der Waals surface area contributed by atoms with Gasteiger partial charge in [0, 0.05) is 11.8 Å². The first kappa shape index (κ1) is 17.4. The van der Waals surface area contributed by atoms with E-state index in [4.69, 9.17) is 16.2 Å². The van der Waals surface area contributed by atoms with Crippen LogP contribution < -0.4 is 21.1 Å². The number of hydrogen-bond acceptors (Lipinski definition) is 6. The van der Waals surface area contributed by atoms with Crippen molar-refractivity contribution in [2.24, 2.45) is 21.5 Å². The lowest BCUT2D eigenvalue weighted by Gasteiger charge is -2.45. The maximum atomic E-state index is 14.3. The van der Waals surface area contributed by atoms with Crippen LogP contribution in [0.5, 0.6) is 5.75 Å². The zero-order valence-corrected chi connectivity index (χ0v) is 13.6. The Balaban J connectivity index is 1.93. The highest BCUT2D eigenvalue weighted by molar-refractivity contribution is 6.05. The normalized spacial score (nSPS) is 19.8. The third-order valence-corrected chi connectivity index (χ3v) is 4.39. The summed E-state index contributed by atoms with van der Waals surface area (Å²) in [6.07, 6.45) is 1.73. The first-order valence-electron chi connectivity index (χ1n) is 8.11. The lowest BCUT2D eigenvalue weighted by Crippen LogP contribution is -2.58. The fourth-order valence-corrected chi connectivity index (χ4v) is 3.39. The summed E-state index contributed by atoms with van der Waals surface area (Å²) in [7, 11) is 0. The van der Waals surface area contributed by atoms with Gasteiger partial charge in [-0.05, 0) is 37.8 Å². The van der Waals surface area contributed by atoms with Crippen LogP contribution in [0.15, 0.2) is 28.2 Å². The van der Waals surface area contributed by atoms with Gasteiger partial charge in [-0.15, -0.1) is 0 Å². The molecular formula is C16H20F3N5O. The van der Waals surface area contributed by atoms with Gasteiger partial charge >= 0.3 is 0 Å². The predicted octanol–water partition coefficient (Wildman–Crippen LogP) is 2.58. The van der Waals surface area contributed by atoms with E-state index in [-0.39, 0.29) is 17.7 Å². The molecule has 0 amide bonds. The minimum atomic E-state index is -2.67. The lowest BCUT2D eigenvalue weighted by molar-refractivity contribution is 0.0799. The number of benzene rings is 1. The van der Waals surface area contributed by atoms with Gasteiger partial charge in [-0.3, -0.25) is 4.90 Å². The molecule has 25 heavy (non-hydrogen) atoms. The van der Waals surface area contributed by atoms with Crippen molar-refractivity contribution in [3.8, 4) is 5.75 Å². The van der Waals surface area contributed by atoms with Crippen LogP contribution in [0.25, 0.3) is 0 Å². The predicted molar refractivity (Wildman–Crippen MR) is 89.4 cm³/mol. The topological polar surface area (TPSA) is 89.2 Å². The molecule has 1 aromatic rings. The summed E-state index contributed by atoms with van der Waals surface area (Å²) in [5.74, 6) is -0.750. The third kappa shape index (κ3) is 3.49. The number of nitrogens with zero attached hydrogens (tertiary/aromatic N) is 3. The van der Waals surface area contributed by atoms with Crippen LogP contribution in [-0.4, -0.2) is 30.6 Å². The maximum Gasteiger partial charge on any atom is 0.272 e. The van der Waals surface area contributed by atoms with Crippen LogP contribution in [0.4, 0.5) is 18.9 Å². The van der Waals surface area contributed by atoms with Gasteiger partial charge in [0.05, 0.1) is 0 Å². The maximum absolute atomic E-state index is 14.3. The van der Waals surface area contributed by atoms with E-state index in [1.807, 2.05) is 0 Å². The van der Waals surface area contributed by atoms with E-state index in [9.17, 15) is 13.2 Å². The van der Waals surface area contributed by atoms with Crippen molar-refractivity contribution >= 4 is 17.6 Å². The van der Waals surface area contributed by atoms with E-state index in [0.717, 1.165) is 32.1 Å². The van der Waals surface area contributed by atoms with Crippen molar-refractivity contribution in [1.82, 2.24) is 0 Å². The second-order valence-electron chi connectivity index (χ2n) is 6.14. The number of anilines is 1. The molecule has 0 bridgehead atoms. The Labute approximate surface area is 143 Å². The van der Waals surface area contributed by atoms with Crippen LogP contribution in [-0.2, 0) is 0 Å². The summed E-state index contributed by atoms with van der Waals surface area (Å²) in [5.41, 5.74) is 11.6. The fraction of sp³-hybridized carbons (Fsp3) is 0.500. The SMILES string of the molecule is NC1=NC2(CCCCC2)N(c2ccc(OCC(F)F)c(F)c2)C(N)=N1. The summed E-state index contributed by atoms with van der Waals surface area (Å²) in [6, 6.07) is 4.05. The van der Waals surface area contributed by atoms with Gasteiger partial charge in [-0.1, -0.05) is 6.42 Å². The number of aliphatic imine (C=N–C) groups is 2. The summed E-state index contributed by atoms with van der Waals surface area (Å²) < 4.78 is 43.5. The number of nitrogens with two attached hydrogens (primary N) is 2. The van der Waals surface area contributed by atoms with E-state index in [2.05, 4.69) is 9.98 Å². The Morgan fingerprint density at radius 2 is 1.92 bits per heavy atom. The molecular weight excluding hydrogens is 335 g/mol. The van der Waals surface area contributed by atoms with Crippen molar-refractivity contribution in [2.75, 3.05) is 11.5 Å². The molecule has 0 radical (unpaired) electrons. The standard InChI is InChI=1S/C16H20F3N5O/c17-11-8-10(4-5-12(11)25-9-13(18)19)24-15(21)22-14(20)23-16(24)6-2-1-3-7-16/h4-5,8,13H,1-3,6-7,9H2,(H4,20,21,22,23). The molecule has 136 valence electrons. The Morgan fingerprint density at radius 3 is 2.56 bits per heavy atom. The molecule has 6 nitrogen and oxygen atoms in total. The second kappa shape index (κ2) is 6.81. The van der Waals surface area contributed by atoms with E-state index < -0.39 is 24.5 Å². The number of halogens is 3. The number of hydrogen-bond donors (Lipinski definition) is 2. The molecule has 0 saturated heterocycles. The minimum Gasteiger partial charge on any atom is -0.485 e. The van der Waals surface area contributed by atoms with Crippen LogP contribution >= 0.6 is 0 Å². The van der Waals surface area contributed by atoms with Gasteiger partial charge < -0.3 is 16.2 Å². The highest BCUT2D eigenvalue weighted by atomic mass is 19.3. The van der Waals surface area contributed by atoms with Gasteiger partial charge in [0.1, 0.15) is 12.3 Å². The van der Waals surface area contributed by atoms with Gasteiger partial charge in [0.15, 0.2) is 11.6 Å². The first-order chi connectivity index (χ1) is 11.9. The van der Waals surface area contributed by atoms with E-state index in [1.54, 1.807) is 11.0 Å². The van der Waals surface area contributed by atoms with Crippen molar-refractivity contribution in [3.63, 3.8) is 0 Å². The molecule has 1 aliphatic carbocycles. The molecule has 3 rings (SSSR count). The molecule has 1 fully saturated rings. The third-order valence-electron chi connectivity index (χ3n) is 4.39. The summed E-state index contributed by atoms with van der Waals surface area (Å²) in [5, 5.41) is 0. The molecule has 2 aliphatic rings. The number of alkyl halides is 2. The molecule has 1 spiro atoms. The molecule has 1 saturated carbocycles. The molecule has 1 aliphatic heterocycles. The van der Waals surface area contributed by atoms with Gasteiger partial charge in [0.25, 0.3) is 6.43 Å². The highest BCUT2D eigenvalue weighted by Gasteiger charge is 2.42. The Hall–Kier alpha value is -2.45. The minimum absolute atomic E-state index is 0.105. The first-order valence-corrected chi connectivity index (χ1v) is 8.11. The number of ether oxygens (including phenoxy) is 1. The molecule has 0 unspecified atom stereocenters. The fourth-order valence-electron chi connectivity index (χ4n) is 3.39. The molecule has 9 heteroatoms. The highest BCUT2D eigenvalue weighted by Crippen LogP contribution is 2.40. The molecule has 1 heterocycles. The average Bonchev–Trinajstić information content (AvgIpc) is 2.53. The smallest absolute Gasteiger partial charge is 0.272 e. The Kier molecular flexibility index (Phi) is 4.73. The van der Waals surface area contributed by atoms with Crippen LogP contribution in [0.1, 0.15) is 32.1 Å². The summed E-state index contributed by atoms with van der Waals surface area (Å²) in [4.78, 5) is 10.2. The van der Waals surface area contributed by atoms with Crippen molar-refractivity contribution in [1.29, 1.82) is 0 Å². The van der Waals surface area contributed by atoms with Crippen molar-refractivity contribution in [2.45, 2.75) is 44.2 Å². The van der Waals surface area contributed by atoms with Crippen LogP contribution in [0.2, 0.25) is 0 Å². The molecule has 1 aromatic carbocycles. The Morgan fingerprint density at radius 1 is 1.20 bits per heavy atom. The van der Waals surface area contributed by atoms with Gasteiger partial charge in [-0.2, -0.15) is 4.99 Å². The van der Waals surface area contributed by atoms with Crippen LogP contribution in [0, 0.1) is 5.82 Å². The molecule has 0 aromatic heterocycles. The van der Waals surface area contributed by atoms with Crippen LogP contribution in [0.3, 0.4) is 0 Å².